The lowest BCUT2D eigenvalue weighted by Crippen LogP contribution is -2.49. The number of aliphatic hydroxyl groups excluding tert-OH is 2. The van der Waals surface area contributed by atoms with Crippen LogP contribution in [-0.2, 0) is 42.4 Å². The number of carbonyl (C=O) groups excluding carboxylic acids is 5. The first-order valence-electron chi connectivity index (χ1n) is 17.1. The molecule has 0 saturated heterocycles. The van der Waals surface area contributed by atoms with E-state index in [1.807, 2.05) is 44.4 Å². The molecule has 1 aromatic rings. The lowest BCUT2D eigenvalue weighted by Gasteiger charge is -2.26. The molecule has 0 radical (unpaired) electrons. The zero-order valence-corrected chi connectivity index (χ0v) is 33.4. The molecule has 1 heterocycles. The van der Waals surface area contributed by atoms with Crippen LogP contribution in [0.25, 0.3) is 0 Å². The average molecular weight is 786 g/mol. The Morgan fingerprint density at radius 1 is 0.920 bits per heavy atom. The molecule has 2 atom stereocenters. The molecule has 0 aliphatic carbocycles. The first kappa shape index (κ1) is 43.6. The Hall–Kier alpha value is -2.57. The van der Waals surface area contributed by atoms with Gasteiger partial charge in [0.1, 0.15) is 11.1 Å². The molecule has 0 bridgehead atoms. The van der Waals surface area contributed by atoms with Crippen molar-refractivity contribution < 1.29 is 54.0 Å². The van der Waals surface area contributed by atoms with Gasteiger partial charge in [0, 0.05) is 39.1 Å². The van der Waals surface area contributed by atoms with Gasteiger partial charge in [-0.05, 0) is 61.2 Å². The van der Waals surface area contributed by atoms with E-state index in [4.69, 9.17) is 16.5 Å². The summed E-state index contributed by atoms with van der Waals surface area (Å²) >= 11 is 0. The zero-order valence-electron chi connectivity index (χ0n) is 31.7. The minimum atomic E-state index is -2.28. The first-order valence-corrected chi connectivity index (χ1v) is 24.3. The van der Waals surface area contributed by atoms with Crippen LogP contribution in [0.1, 0.15) is 28.0 Å². The molecule has 6 N–H and O–H groups in total. The largest absolute Gasteiger partial charge is 0.467 e. The number of amides is 4. The highest BCUT2D eigenvalue weighted by Gasteiger charge is 2.28. The van der Waals surface area contributed by atoms with Gasteiger partial charge in [-0.15, -0.1) is 0 Å². The highest BCUT2D eigenvalue weighted by atomic mass is 33.1. The number of hydrogen-bond acceptors (Lipinski definition) is 14. The summed E-state index contributed by atoms with van der Waals surface area (Å²) in [5, 5.41) is 22.4. The van der Waals surface area contributed by atoms with E-state index in [2.05, 4.69) is 36.3 Å². The van der Waals surface area contributed by atoms with Gasteiger partial charge >= 0.3 is 5.97 Å². The van der Waals surface area contributed by atoms with Crippen LogP contribution in [0.4, 0.5) is 0 Å². The maximum absolute atomic E-state index is 12.5. The molecule has 50 heavy (non-hydrogen) atoms. The standard InChI is InChI=1S/C29H51N5O11S2Si2.CH4/c1-42-29(41)23(21-36)33-26(39)11-19-49(4,5)45-16-15-44-48(2,3)18-10-25(38)32-22(20-35)28(40)34-43-14-13-30-24(37)9-17-46-47-27-8-6-7-12-31-27;/h6-8,12,22-23,35-36H,9-11,13-21H2,1-5H3,(H,30,37)(H,32,38)(H,33,39)(H,34,40);1H4/i36T;1T. The summed E-state index contributed by atoms with van der Waals surface area (Å²) in [5.41, 5.74) is 2.18. The minimum Gasteiger partial charge on any atom is -0.467 e. The van der Waals surface area contributed by atoms with E-state index in [9.17, 15) is 29.1 Å². The fourth-order valence-electron chi connectivity index (χ4n) is 3.80. The van der Waals surface area contributed by atoms with Crippen molar-refractivity contribution >= 4 is 67.8 Å². The van der Waals surface area contributed by atoms with Crippen LogP contribution in [0.5, 0.6) is 0 Å². The van der Waals surface area contributed by atoms with Crippen LogP contribution in [0, 0.1) is 0 Å². The lowest BCUT2D eigenvalue weighted by molar-refractivity contribution is -0.146. The average Bonchev–Trinajstić information content (AvgIpc) is 3.13. The molecule has 0 spiro atoms. The molecule has 0 saturated carbocycles. The highest BCUT2D eigenvalue weighted by molar-refractivity contribution is 8.76. The van der Waals surface area contributed by atoms with Crippen molar-refractivity contribution in [1.29, 1.82) is 1.43 Å². The third kappa shape index (κ3) is 22.3. The maximum atomic E-state index is 12.5. The Bertz CT molecular complexity index is 1200. The smallest absolute Gasteiger partial charge is 0.330 e. The first-order chi connectivity index (χ1) is 24.7. The van der Waals surface area contributed by atoms with E-state index < -0.39 is 53.1 Å². The fraction of sp³-hybridized carbons (Fsp3) is 0.667. The molecule has 2 unspecified atom stereocenters. The van der Waals surface area contributed by atoms with Crippen molar-refractivity contribution in [2.45, 2.75) is 82.1 Å². The molecule has 4 amide bonds. The van der Waals surface area contributed by atoms with Gasteiger partial charge in [-0.1, -0.05) is 24.3 Å². The number of nitrogens with zero attached hydrogens (tertiary/aromatic N) is 1. The fourth-order valence-corrected chi connectivity index (χ4v) is 8.89. The predicted molar refractivity (Wildman–Crippen MR) is 197 cm³/mol. The van der Waals surface area contributed by atoms with Crippen LogP contribution >= 0.6 is 21.6 Å². The van der Waals surface area contributed by atoms with E-state index >= 15 is 0 Å². The van der Waals surface area contributed by atoms with Crippen molar-refractivity contribution in [1.82, 2.24) is 26.4 Å². The Labute approximate surface area is 307 Å². The van der Waals surface area contributed by atoms with Gasteiger partial charge in [-0.2, -0.15) is 0 Å². The molecule has 16 nitrogen and oxygen atoms in total. The molecule has 1 aromatic heterocycles. The van der Waals surface area contributed by atoms with Gasteiger partial charge < -0.3 is 39.8 Å². The Morgan fingerprint density at radius 2 is 1.54 bits per heavy atom. The second kappa shape index (κ2) is 26.2. The predicted octanol–water partition coefficient (Wildman–Crippen LogP) is 1.36. The third-order valence-electron chi connectivity index (χ3n) is 6.69. The molecular formula is C30H55N5O11S2Si2. The van der Waals surface area contributed by atoms with Crippen molar-refractivity contribution in [3.05, 3.63) is 24.4 Å². The van der Waals surface area contributed by atoms with Crippen molar-refractivity contribution in [2.75, 3.05) is 52.4 Å². The number of esters is 1. The highest BCUT2D eigenvalue weighted by Crippen LogP contribution is 2.29. The lowest BCUT2D eigenvalue weighted by atomic mass is 10.3. The molecule has 286 valence electrons. The van der Waals surface area contributed by atoms with Gasteiger partial charge in [0.05, 0.1) is 40.1 Å². The van der Waals surface area contributed by atoms with E-state index in [0.29, 0.717) is 37.5 Å². The number of ether oxygens (including phenoxy) is 1. The number of aromatic nitrogens is 1. The second-order valence-electron chi connectivity index (χ2n) is 11.8. The summed E-state index contributed by atoms with van der Waals surface area (Å²) in [7, 11) is 0.921. The Kier molecular flexibility index (Phi) is 22.9. The SMILES string of the molecule is [3H]C.[3H]OCC(NC(=O)CC[Si](C)(C)OCCO[Si](C)(C)CCC(=O)NC(CO)C(=O)NOCCNC(=O)CCSSc1ccccn1)C(=O)OC. The quantitative estimate of drug-likeness (QED) is 0.0244. The van der Waals surface area contributed by atoms with Gasteiger partial charge in [0.25, 0.3) is 5.91 Å². The zero-order chi connectivity index (χ0) is 39.4. The maximum Gasteiger partial charge on any atom is 0.330 e. The molecule has 20 heteroatoms. The molecule has 1 rings (SSSR count). The Balaban J connectivity index is 0.0000128. The Morgan fingerprint density at radius 3 is 2.08 bits per heavy atom. The topological polar surface area (TPSA) is 224 Å². The van der Waals surface area contributed by atoms with Crippen molar-refractivity contribution in [3.63, 3.8) is 0 Å². The second-order valence-corrected chi connectivity index (χ2v) is 22.9. The van der Waals surface area contributed by atoms with Crippen LogP contribution in [0.3, 0.4) is 0 Å². The minimum absolute atomic E-state index is 0.00409. The molecule has 0 fully saturated rings. The van der Waals surface area contributed by atoms with Crippen molar-refractivity contribution in [2.24, 2.45) is 0 Å². The van der Waals surface area contributed by atoms with Crippen LogP contribution < -0.4 is 21.4 Å². The monoisotopic (exact) mass is 785 g/mol. The number of nitrogens with one attached hydrogen (secondary N) is 4. The van der Waals surface area contributed by atoms with Crippen molar-refractivity contribution in [3.8, 4) is 0 Å². The van der Waals surface area contributed by atoms with Gasteiger partial charge in [0.15, 0.2) is 22.7 Å². The summed E-state index contributed by atoms with van der Waals surface area (Å²) in [6.07, 6.45) is 2.23. The van der Waals surface area contributed by atoms with Gasteiger partial charge in [-0.3, -0.25) is 24.0 Å². The van der Waals surface area contributed by atoms with Crippen LogP contribution in [0.15, 0.2) is 29.4 Å². The summed E-state index contributed by atoms with van der Waals surface area (Å²) in [6, 6.07) is 4.30. The number of carbonyl (C=O) groups is 5. The summed E-state index contributed by atoms with van der Waals surface area (Å²) in [6.45, 7) is 7.65. The summed E-state index contributed by atoms with van der Waals surface area (Å²) in [4.78, 5) is 70.1. The van der Waals surface area contributed by atoms with E-state index in [-0.39, 0.29) is 44.4 Å². The number of pyridine rings is 1. The van der Waals surface area contributed by atoms with E-state index in [1.165, 1.54) is 36.1 Å². The van der Waals surface area contributed by atoms with E-state index in [1.54, 1.807) is 6.20 Å². The molecule has 0 aliphatic rings. The van der Waals surface area contributed by atoms with Gasteiger partial charge in [0.2, 0.25) is 19.2 Å². The molecule has 0 aliphatic heterocycles. The summed E-state index contributed by atoms with van der Waals surface area (Å²) in [5.74, 6) is -1.79. The summed E-state index contributed by atoms with van der Waals surface area (Å²) < 4.78 is 29.2. The van der Waals surface area contributed by atoms with Crippen LogP contribution in [0.2, 0.25) is 38.3 Å². The normalized spacial score (nSPS) is 12.9. The number of hydrogen-bond donors (Lipinski definition) is 6. The van der Waals surface area contributed by atoms with Gasteiger partial charge in [-0.25, -0.2) is 15.3 Å². The molecule has 0 aromatic carbocycles. The van der Waals surface area contributed by atoms with E-state index in [0.717, 1.165) is 5.03 Å². The number of aliphatic hydroxyl groups is 2. The van der Waals surface area contributed by atoms with Crippen LogP contribution in [-0.4, -0.2) is 127 Å². The number of hydroxylamine groups is 1. The molecular weight excluding hydrogens is 727 g/mol. The third-order valence-corrected chi connectivity index (χ3v) is 13.8. The number of methoxy groups -OCH3 is 1. The number of rotatable bonds is 27.